The fourth-order valence-electron chi connectivity index (χ4n) is 1.16. The number of carbonyl (C=O) groups is 1. The number of hydrogen-bond donors (Lipinski definition) is 2. The Hall–Kier alpha value is -0.720. The van der Waals surface area contributed by atoms with Crippen molar-refractivity contribution in [1.29, 1.82) is 0 Å². The minimum atomic E-state index is -4.41. The van der Waals surface area contributed by atoms with E-state index in [4.69, 9.17) is 11.7 Å². The zero-order chi connectivity index (χ0) is 14.8. The summed E-state index contributed by atoms with van der Waals surface area (Å²) in [5.74, 6) is 10.8. The third-order valence-electron chi connectivity index (χ3n) is 1.94. The highest BCUT2D eigenvalue weighted by Gasteiger charge is 2.31. The molecule has 19 heavy (non-hydrogen) atoms. The molecule has 106 valence electrons. The number of benzene rings is 1. The van der Waals surface area contributed by atoms with E-state index in [1.54, 1.807) is 22.6 Å². The molecule has 0 radical (unpaired) electrons. The summed E-state index contributed by atoms with van der Waals surface area (Å²) in [4.78, 5) is 11.5. The van der Waals surface area contributed by atoms with E-state index in [0.29, 0.717) is 5.01 Å². The average molecular weight is 406 g/mol. The van der Waals surface area contributed by atoms with Crippen LogP contribution in [0.25, 0.3) is 0 Å². The fraction of sp³-hybridized carbons (Fsp3) is 0.222. The van der Waals surface area contributed by atoms with E-state index >= 15 is 0 Å². The van der Waals surface area contributed by atoms with Crippen molar-refractivity contribution in [2.45, 2.75) is 10.4 Å². The van der Waals surface area contributed by atoms with Crippen LogP contribution in [-0.2, 0) is 0 Å². The maximum atomic E-state index is 12.4. The van der Waals surface area contributed by atoms with Gasteiger partial charge < -0.3 is 0 Å². The second-order valence-electron chi connectivity index (χ2n) is 3.40. The second-order valence-corrected chi connectivity index (χ2v) is 5.59. The quantitative estimate of drug-likeness (QED) is 0.260. The molecular weight excluding hydrogens is 396 g/mol. The molecule has 0 aliphatic heterocycles. The first kappa shape index (κ1) is 16.3. The summed E-state index contributed by atoms with van der Waals surface area (Å²) in [5, 5.41) is 1.43. The minimum absolute atomic E-state index is 0.0338. The molecule has 5 nitrogen and oxygen atoms in total. The normalized spacial score (nSPS) is 11.3. The maximum Gasteiger partial charge on any atom is 0.446 e. The van der Waals surface area contributed by atoms with Crippen LogP contribution in [0.3, 0.4) is 0 Å². The molecule has 0 heterocycles. The first-order chi connectivity index (χ1) is 8.63. The summed E-state index contributed by atoms with van der Waals surface area (Å²) in [6.45, 7) is 0. The molecule has 0 aliphatic carbocycles. The predicted octanol–water partition coefficient (Wildman–Crippen LogP) is 2.51. The summed E-state index contributed by atoms with van der Waals surface area (Å²) >= 11 is 1.43. The molecule has 4 N–H and O–H groups in total. The smallest absolute Gasteiger partial charge is 0.264 e. The molecule has 2 amide bonds. The van der Waals surface area contributed by atoms with Gasteiger partial charge in [-0.25, -0.2) is 21.5 Å². The van der Waals surface area contributed by atoms with Crippen molar-refractivity contribution in [3.63, 3.8) is 0 Å². The lowest BCUT2D eigenvalue weighted by molar-refractivity contribution is -0.0328. The van der Waals surface area contributed by atoms with Gasteiger partial charge in [0, 0.05) is 11.9 Å². The van der Waals surface area contributed by atoms with E-state index in [1.807, 2.05) is 0 Å². The number of anilines is 1. The van der Waals surface area contributed by atoms with E-state index in [1.165, 1.54) is 25.2 Å². The number of hydrogen-bond acceptors (Lipinski definition) is 4. The molecule has 10 heteroatoms. The van der Waals surface area contributed by atoms with E-state index in [-0.39, 0.29) is 25.9 Å². The number of amides is 2. The van der Waals surface area contributed by atoms with Gasteiger partial charge in [-0.3, -0.25) is 5.01 Å². The molecule has 0 bridgehead atoms. The lowest BCUT2D eigenvalue weighted by Crippen LogP contribution is -2.48. The first-order valence-corrected chi connectivity index (χ1v) is 6.64. The van der Waals surface area contributed by atoms with Crippen LogP contribution in [0.5, 0.6) is 0 Å². The highest BCUT2D eigenvalue weighted by Crippen LogP contribution is 2.41. The Kier molecular flexibility index (Phi) is 5.29. The van der Waals surface area contributed by atoms with Crippen LogP contribution in [0.2, 0.25) is 0 Å². The van der Waals surface area contributed by atoms with Crippen LogP contribution in [0.1, 0.15) is 0 Å². The predicted molar refractivity (Wildman–Crippen MR) is 75.1 cm³/mol. The topological polar surface area (TPSA) is 75.6 Å². The Morgan fingerprint density at radius 2 is 1.95 bits per heavy atom. The molecule has 0 unspecified atom stereocenters. The molecule has 0 saturated heterocycles. The molecule has 0 aliphatic rings. The molecule has 1 aromatic rings. The number of nitrogens with zero attached hydrogens (tertiary/aromatic N) is 2. The van der Waals surface area contributed by atoms with Gasteiger partial charge in [0.15, 0.2) is 0 Å². The van der Waals surface area contributed by atoms with Crippen LogP contribution in [0, 0.1) is 3.57 Å². The van der Waals surface area contributed by atoms with Crippen molar-refractivity contribution in [1.82, 2.24) is 5.01 Å². The van der Waals surface area contributed by atoms with Crippen molar-refractivity contribution in [2.24, 2.45) is 11.7 Å². The summed E-state index contributed by atoms with van der Waals surface area (Å²) in [5.41, 5.74) is -4.26. The number of halogens is 4. The van der Waals surface area contributed by atoms with Crippen molar-refractivity contribution in [2.75, 3.05) is 12.1 Å². The van der Waals surface area contributed by atoms with Crippen LogP contribution in [-0.4, -0.2) is 23.6 Å². The molecule has 0 atom stereocenters. The van der Waals surface area contributed by atoms with Gasteiger partial charge in [0.05, 0.1) is 9.26 Å². The zero-order valence-electron chi connectivity index (χ0n) is 9.61. The van der Waals surface area contributed by atoms with Gasteiger partial charge in [-0.15, -0.1) is 0 Å². The molecule has 0 aromatic heterocycles. The summed E-state index contributed by atoms with van der Waals surface area (Å²) in [7, 11) is 1.28. The molecular formula is C9H10F3IN4OS. The van der Waals surface area contributed by atoms with E-state index in [9.17, 15) is 18.0 Å². The number of rotatable bonds is 2. The van der Waals surface area contributed by atoms with Gasteiger partial charge in [-0.2, -0.15) is 13.2 Å². The van der Waals surface area contributed by atoms with Gasteiger partial charge in [-0.1, -0.05) is 6.07 Å². The van der Waals surface area contributed by atoms with Crippen LogP contribution < -0.4 is 16.7 Å². The lowest BCUT2D eigenvalue weighted by atomic mass is 10.3. The largest absolute Gasteiger partial charge is 0.446 e. The molecule has 1 rings (SSSR count). The summed E-state index contributed by atoms with van der Waals surface area (Å²) in [6, 6.07) is 3.37. The van der Waals surface area contributed by atoms with Gasteiger partial charge in [0.1, 0.15) is 0 Å². The van der Waals surface area contributed by atoms with Gasteiger partial charge in [0.2, 0.25) is 0 Å². The third-order valence-corrected chi connectivity index (χ3v) is 4.23. The molecule has 0 spiro atoms. The molecule has 0 fully saturated rings. The van der Waals surface area contributed by atoms with Gasteiger partial charge in [0.25, 0.3) is 0 Å². The monoisotopic (exact) mass is 406 g/mol. The Morgan fingerprint density at radius 1 is 1.37 bits per heavy atom. The molecule has 0 saturated carbocycles. The van der Waals surface area contributed by atoms with Crippen molar-refractivity contribution < 1.29 is 18.0 Å². The number of alkyl halides is 3. The number of thioether (sulfide) groups is 1. The van der Waals surface area contributed by atoms with Crippen molar-refractivity contribution >= 4 is 46.1 Å². The Labute approximate surface area is 125 Å². The van der Waals surface area contributed by atoms with Gasteiger partial charge >= 0.3 is 11.5 Å². The molecule has 1 aromatic carbocycles. The SMILES string of the molecule is CN(N)C(=O)N(N)c1cccc(SC(F)(F)F)c1I. The van der Waals surface area contributed by atoms with E-state index < -0.39 is 11.5 Å². The van der Waals surface area contributed by atoms with Crippen LogP contribution in [0.4, 0.5) is 23.7 Å². The van der Waals surface area contributed by atoms with Gasteiger partial charge in [-0.05, 0) is 46.5 Å². The lowest BCUT2D eigenvalue weighted by Gasteiger charge is -2.22. The van der Waals surface area contributed by atoms with E-state index in [2.05, 4.69) is 0 Å². The first-order valence-electron chi connectivity index (χ1n) is 4.75. The third kappa shape index (κ3) is 4.40. The zero-order valence-corrected chi connectivity index (χ0v) is 12.6. The Morgan fingerprint density at radius 3 is 2.42 bits per heavy atom. The highest BCUT2D eigenvalue weighted by molar-refractivity contribution is 14.1. The van der Waals surface area contributed by atoms with Crippen molar-refractivity contribution in [3.8, 4) is 0 Å². The minimum Gasteiger partial charge on any atom is -0.264 e. The Balaban J connectivity index is 3.11. The number of carbonyl (C=O) groups excluding carboxylic acids is 1. The average Bonchev–Trinajstić information content (AvgIpc) is 2.28. The number of urea groups is 1. The number of nitrogens with two attached hydrogens (primary N) is 2. The number of hydrazine groups is 2. The Bertz CT molecular complexity index is 483. The second kappa shape index (κ2) is 6.15. The summed E-state index contributed by atoms with van der Waals surface area (Å²) in [6.07, 6.45) is 0. The van der Waals surface area contributed by atoms with Crippen molar-refractivity contribution in [3.05, 3.63) is 21.8 Å². The summed E-state index contributed by atoms with van der Waals surface area (Å²) < 4.78 is 37.3. The standard InChI is InChI=1S/C9H10F3IN4OS/c1-16(14)8(18)17(15)5-3-2-4-6(7(5)13)19-9(10,11)12/h2-4H,14-15H2,1H3. The van der Waals surface area contributed by atoms with Crippen LogP contribution in [0.15, 0.2) is 23.1 Å². The van der Waals surface area contributed by atoms with E-state index in [0.717, 1.165) is 5.01 Å². The fourth-order valence-corrected chi connectivity index (χ4v) is 2.70. The maximum absolute atomic E-state index is 12.4. The van der Waals surface area contributed by atoms with Crippen LogP contribution >= 0.6 is 34.4 Å². The highest BCUT2D eigenvalue weighted by atomic mass is 127.